The number of hydrogen-bond acceptors (Lipinski definition) is 5. The molecule has 1 atom stereocenters. The summed E-state index contributed by atoms with van der Waals surface area (Å²) in [6.07, 6.45) is 3.33. The number of benzene rings is 1. The van der Waals surface area contributed by atoms with Crippen molar-refractivity contribution < 1.29 is 22.3 Å². The van der Waals surface area contributed by atoms with Gasteiger partial charge in [0.1, 0.15) is 17.2 Å². The van der Waals surface area contributed by atoms with E-state index in [1.807, 2.05) is 13.8 Å². The molecule has 7 nitrogen and oxygen atoms in total. The molecule has 1 aromatic heterocycles. The minimum Gasteiger partial charge on any atom is -0.487 e. The van der Waals surface area contributed by atoms with E-state index in [-0.39, 0.29) is 12.2 Å². The first-order valence-electron chi connectivity index (χ1n) is 9.29. The zero-order valence-electron chi connectivity index (χ0n) is 16.6. The van der Waals surface area contributed by atoms with E-state index in [1.165, 1.54) is 37.5 Å². The summed E-state index contributed by atoms with van der Waals surface area (Å²) in [5.41, 5.74) is 0.245. The zero-order valence-corrected chi connectivity index (χ0v) is 17.4. The van der Waals surface area contributed by atoms with Crippen LogP contribution in [0.15, 0.2) is 42.7 Å². The van der Waals surface area contributed by atoms with Crippen LogP contribution in [0, 0.1) is 5.82 Å². The van der Waals surface area contributed by atoms with Gasteiger partial charge in [0, 0.05) is 30.1 Å². The third-order valence-electron chi connectivity index (χ3n) is 4.74. The van der Waals surface area contributed by atoms with Crippen molar-refractivity contribution in [2.24, 2.45) is 0 Å². The van der Waals surface area contributed by atoms with Gasteiger partial charge in [-0.15, -0.1) is 0 Å². The number of sulfonamides is 1. The quantitative estimate of drug-likeness (QED) is 0.774. The van der Waals surface area contributed by atoms with Crippen molar-refractivity contribution in [3.8, 4) is 5.75 Å². The van der Waals surface area contributed by atoms with Gasteiger partial charge in [0.05, 0.1) is 18.3 Å². The number of halogens is 1. The highest BCUT2D eigenvalue weighted by molar-refractivity contribution is 7.89. The molecule has 2 heterocycles. The number of nitrogens with zero attached hydrogens (tertiary/aromatic N) is 2. The lowest BCUT2D eigenvalue weighted by Gasteiger charge is -2.41. The molecule has 1 aliphatic heterocycles. The van der Waals surface area contributed by atoms with Gasteiger partial charge < -0.3 is 10.1 Å². The van der Waals surface area contributed by atoms with E-state index < -0.39 is 39.9 Å². The topological polar surface area (TPSA) is 88.6 Å². The van der Waals surface area contributed by atoms with Crippen LogP contribution in [0.3, 0.4) is 0 Å². The van der Waals surface area contributed by atoms with E-state index in [9.17, 15) is 17.6 Å². The van der Waals surface area contributed by atoms with Crippen molar-refractivity contribution in [1.29, 1.82) is 0 Å². The minimum atomic E-state index is -3.77. The van der Waals surface area contributed by atoms with Gasteiger partial charge in [-0.3, -0.25) is 9.78 Å². The van der Waals surface area contributed by atoms with E-state index in [0.717, 1.165) is 4.31 Å². The Morgan fingerprint density at radius 1 is 1.31 bits per heavy atom. The number of rotatable bonds is 6. The van der Waals surface area contributed by atoms with Crippen LogP contribution in [0.2, 0.25) is 0 Å². The summed E-state index contributed by atoms with van der Waals surface area (Å²) in [7, 11) is -3.77. The van der Waals surface area contributed by atoms with E-state index in [2.05, 4.69) is 10.3 Å². The summed E-state index contributed by atoms with van der Waals surface area (Å²) < 4.78 is 46.8. The molecular formula is C20H24FN3O4S. The second-order valence-corrected chi connectivity index (χ2v) is 9.70. The van der Waals surface area contributed by atoms with Crippen LogP contribution in [0.1, 0.15) is 38.8 Å². The van der Waals surface area contributed by atoms with Gasteiger partial charge in [-0.1, -0.05) is 0 Å². The Hall–Kier alpha value is -2.52. The Labute approximate surface area is 169 Å². The average molecular weight is 421 g/mol. The standard InChI is InChI=1S/C20H24FN3O4S/c1-4-29(26,27)24(13-19(25)23-15-7-9-22-10-8-15)17-12-20(2,3)28-18-6-5-14(21)11-16(17)18/h5-11,17H,4,12-13H2,1-3H3,(H,22,23,25). The second-order valence-electron chi connectivity index (χ2n) is 7.49. The van der Waals surface area contributed by atoms with Crippen molar-refractivity contribution >= 4 is 21.6 Å². The highest BCUT2D eigenvalue weighted by Crippen LogP contribution is 2.43. The SMILES string of the molecule is CCS(=O)(=O)N(CC(=O)Nc1ccncc1)C1CC(C)(C)Oc2ccc(F)cc21. The minimum absolute atomic E-state index is 0.183. The molecule has 3 rings (SSSR count). The van der Waals surface area contributed by atoms with Gasteiger partial charge in [-0.25, -0.2) is 12.8 Å². The lowest BCUT2D eigenvalue weighted by molar-refractivity contribution is -0.117. The normalized spacial score (nSPS) is 18.0. The number of nitrogens with one attached hydrogen (secondary N) is 1. The van der Waals surface area contributed by atoms with Gasteiger partial charge >= 0.3 is 0 Å². The molecule has 0 fully saturated rings. The molecule has 1 unspecified atom stereocenters. The first-order chi connectivity index (χ1) is 13.6. The van der Waals surface area contributed by atoms with Gasteiger partial charge in [0.25, 0.3) is 0 Å². The molecule has 156 valence electrons. The van der Waals surface area contributed by atoms with Crippen molar-refractivity contribution in [3.63, 3.8) is 0 Å². The molecule has 29 heavy (non-hydrogen) atoms. The van der Waals surface area contributed by atoms with Crippen molar-refractivity contribution in [3.05, 3.63) is 54.1 Å². The largest absolute Gasteiger partial charge is 0.487 e. The van der Waals surface area contributed by atoms with Crippen LogP contribution >= 0.6 is 0 Å². The van der Waals surface area contributed by atoms with Gasteiger partial charge in [0.15, 0.2) is 0 Å². The third kappa shape index (κ3) is 4.91. The van der Waals surface area contributed by atoms with E-state index in [0.29, 0.717) is 17.0 Å². The maximum Gasteiger partial charge on any atom is 0.239 e. The number of aromatic nitrogens is 1. The van der Waals surface area contributed by atoms with Gasteiger partial charge in [0.2, 0.25) is 15.9 Å². The smallest absolute Gasteiger partial charge is 0.239 e. The van der Waals surface area contributed by atoms with Crippen LogP contribution in [0.5, 0.6) is 5.75 Å². The lowest BCUT2D eigenvalue weighted by Crippen LogP contribution is -2.46. The number of carbonyl (C=O) groups excluding carboxylic acids is 1. The first kappa shape index (κ1) is 21.2. The summed E-state index contributed by atoms with van der Waals surface area (Å²) in [6, 6.07) is 6.53. The van der Waals surface area contributed by atoms with Crippen LogP contribution in [-0.4, -0.2) is 41.5 Å². The number of ether oxygens (including phenoxy) is 1. The lowest BCUT2D eigenvalue weighted by atomic mass is 9.89. The predicted molar refractivity (Wildman–Crippen MR) is 107 cm³/mol. The molecule has 1 aromatic carbocycles. The highest BCUT2D eigenvalue weighted by Gasteiger charge is 2.41. The monoisotopic (exact) mass is 421 g/mol. The van der Waals surface area contributed by atoms with Crippen LogP contribution in [-0.2, 0) is 14.8 Å². The number of amides is 1. The second kappa shape index (κ2) is 8.08. The molecule has 1 N–H and O–H groups in total. The average Bonchev–Trinajstić information content (AvgIpc) is 2.66. The fraction of sp³-hybridized carbons (Fsp3) is 0.400. The molecule has 9 heteroatoms. The predicted octanol–water partition coefficient (Wildman–Crippen LogP) is 3.11. The van der Waals surface area contributed by atoms with Gasteiger partial charge in [-0.05, 0) is 51.1 Å². The molecule has 1 aliphatic rings. The molecule has 2 aromatic rings. The van der Waals surface area contributed by atoms with Crippen molar-refractivity contribution in [1.82, 2.24) is 9.29 Å². The molecule has 0 saturated carbocycles. The highest BCUT2D eigenvalue weighted by atomic mass is 32.2. The van der Waals surface area contributed by atoms with Crippen LogP contribution in [0.4, 0.5) is 10.1 Å². The number of pyridine rings is 1. The first-order valence-corrected chi connectivity index (χ1v) is 10.9. The Bertz CT molecular complexity index is 996. The van der Waals surface area contributed by atoms with Crippen molar-refractivity contribution in [2.45, 2.75) is 38.8 Å². The summed E-state index contributed by atoms with van der Waals surface area (Å²) in [4.78, 5) is 16.5. The van der Waals surface area contributed by atoms with Crippen LogP contribution < -0.4 is 10.1 Å². The molecule has 0 saturated heterocycles. The van der Waals surface area contributed by atoms with E-state index in [4.69, 9.17) is 4.74 Å². The Morgan fingerprint density at radius 3 is 2.66 bits per heavy atom. The number of carbonyl (C=O) groups is 1. The molecule has 0 aliphatic carbocycles. The summed E-state index contributed by atoms with van der Waals surface area (Å²) in [6.45, 7) is 4.79. The number of fused-ring (bicyclic) bond motifs is 1. The Kier molecular flexibility index (Phi) is 5.90. The van der Waals surface area contributed by atoms with Crippen molar-refractivity contribution in [2.75, 3.05) is 17.6 Å². The molecule has 1 amide bonds. The summed E-state index contributed by atoms with van der Waals surface area (Å²) in [5, 5.41) is 2.67. The molecular weight excluding hydrogens is 397 g/mol. The zero-order chi connectivity index (χ0) is 21.2. The Morgan fingerprint density at radius 2 is 2.00 bits per heavy atom. The van der Waals surface area contributed by atoms with E-state index in [1.54, 1.807) is 12.1 Å². The number of anilines is 1. The number of hydrogen-bond donors (Lipinski definition) is 1. The maximum atomic E-state index is 13.9. The fourth-order valence-corrected chi connectivity index (χ4v) is 4.61. The third-order valence-corrected chi connectivity index (χ3v) is 6.56. The summed E-state index contributed by atoms with van der Waals surface area (Å²) >= 11 is 0. The molecule has 0 radical (unpaired) electrons. The molecule has 0 spiro atoms. The molecule has 0 bridgehead atoms. The maximum absolute atomic E-state index is 13.9. The van der Waals surface area contributed by atoms with Crippen LogP contribution in [0.25, 0.3) is 0 Å². The van der Waals surface area contributed by atoms with E-state index >= 15 is 0 Å². The summed E-state index contributed by atoms with van der Waals surface area (Å²) in [5.74, 6) is -0.751. The Balaban J connectivity index is 1.97. The van der Waals surface area contributed by atoms with Gasteiger partial charge in [-0.2, -0.15) is 4.31 Å². The fourth-order valence-electron chi connectivity index (χ4n) is 3.39.